The van der Waals surface area contributed by atoms with Crippen molar-refractivity contribution in [3.8, 4) is 0 Å². The van der Waals surface area contributed by atoms with E-state index in [1.807, 2.05) is 6.07 Å². The molecule has 0 saturated heterocycles. The Balaban J connectivity index is 2.89. The van der Waals surface area contributed by atoms with E-state index in [1.54, 1.807) is 6.07 Å². The molecule has 0 amide bonds. The van der Waals surface area contributed by atoms with Gasteiger partial charge in [0.15, 0.2) is 0 Å². The third kappa shape index (κ3) is 5.00. The maximum atomic E-state index is 6.22. The Morgan fingerprint density at radius 2 is 1.89 bits per heavy atom. The molecule has 0 bridgehead atoms. The lowest BCUT2D eigenvalue weighted by Gasteiger charge is -2.31. The Morgan fingerprint density at radius 1 is 1.26 bits per heavy atom. The zero-order chi connectivity index (χ0) is 14.4. The van der Waals surface area contributed by atoms with Crippen molar-refractivity contribution >= 4 is 17.4 Å². The van der Waals surface area contributed by atoms with Crippen molar-refractivity contribution in [2.45, 2.75) is 53.1 Å². The standard InChI is InChI=1S/C15H26ClN3/c1-5-12(6-2)19(9-11(3)4)10-14-13(16)7-8-15(17)18-14/h7-8,11-12H,5-6,9-10H2,1-4H3,(H2,17,18). The van der Waals surface area contributed by atoms with Crippen molar-refractivity contribution in [3.63, 3.8) is 0 Å². The predicted molar refractivity (Wildman–Crippen MR) is 83.3 cm³/mol. The van der Waals surface area contributed by atoms with Crippen LogP contribution < -0.4 is 5.73 Å². The molecule has 0 fully saturated rings. The minimum atomic E-state index is 0.536. The van der Waals surface area contributed by atoms with Crippen LogP contribution in [0.2, 0.25) is 5.02 Å². The summed E-state index contributed by atoms with van der Waals surface area (Å²) in [6.45, 7) is 10.8. The molecule has 1 heterocycles. The summed E-state index contributed by atoms with van der Waals surface area (Å²) < 4.78 is 0. The fraction of sp³-hybridized carbons (Fsp3) is 0.667. The SMILES string of the molecule is CCC(CC)N(Cc1nc(N)ccc1Cl)CC(C)C. The molecule has 0 aliphatic rings. The molecular weight excluding hydrogens is 258 g/mol. The molecular formula is C15H26ClN3. The Labute approximate surface area is 122 Å². The largest absolute Gasteiger partial charge is 0.384 e. The predicted octanol–water partition coefficient (Wildman–Crippen LogP) is 3.96. The van der Waals surface area contributed by atoms with E-state index in [9.17, 15) is 0 Å². The van der Waals surface area contributed by atoms with Gasteiger partial charge in [0.05, 0.1) is 10.7 Å². The van der Waals surface area contributed by atoms with Crippen LogP contribution in [-0.2, 0) is 6.54 Å². The molecule has 0 saturated carbocycles. The minimum absolute atomic E-state index is 0.536. The quantitative estimate of drug-likeness (QED) is 0.823. The molecule has 1 aromatic rings. The first-order valence-electron chi connectivity index (χ1n) is 7.12. The lowest BCUT2D eigenvalue weighted by molar-refractivity contribution is 0.156. The van der Waals surface area contributed by atoms with E-state index >= 15 is 0 Å². The highest BCUT2D eigenvalue weighted by molar-refractivity contribution is 6.31. The third-order valence-corrected chi connectivity index (χ3v) is 3.70. The van der Waals surface area contributed by atoms with E-state index in [-0.39, 0.29) is 0 Å². The highest BCUT2D eigenvalue weighted by atomic mass is 35.5. The monoisotopic (exact) mass is 283 g/mol. The van der Waals surface area contributed by atoms with E-state index in [0.29, 0.717) is 22.8 Å². The maximum Gasteiger partial charge on any atom is 0.123 e. The zero-order valence-electron chi connectivity index (χ0n) is 12.5. The van der Waals surface area contributed by atoms with Gasteiger partial charge in [-0.2, -0.15) is 0 Å². The number of hydrogen-bond donors (Lipinski definition) is 1. The first-order chi connectivity index (χ1) is 8.97. The molecule has 0 aliphatic carbocycles. The van der Waals surface area contributed by atoms with Crippen LogP contribution >= 0.6 is 11.6 Å². The molecule has 19 heavy (non-hydrogen) atoms. The van der Waals surface area contributed by atoms with E-state index < -0.39 is 0 Å². The summed E-state index contributed by atoms with van der Waals surface area (Å²) in [6, 6.07) is 4.15. The summed E-state index contributed by atoms with van der Waals surface area (Å²) in [7, 11) is 0. The summed E-state index contributed by atoms with van der Waals surface area (Å²) >= 11 is 6.22. The van der Waals surface area contributed by atoms with Crippen LogP contribution in [0.25, 0.3) is 0 Å². The number of nitrogen functional groups attached to an aromatic ring is 1. The lowest BCUT2D eigenvalue weighted by Crippen LogP contribution is -2.37. The number of pyridine rings is 1. The first kappa shape index (κ1) is 16.3. The van der Waals surface area contributed by atoms with Crippen LogP contribution in [0.5, 0.6) is 0 Å². The summed E-state index contributed by atoms with van der Waals surface area (Å²) in [6.07, 6.45) is 2.28. The molecule has 0 radical (unpaired) electrons. The van der Waals surface area contributed by atoms with Gasteiger partial charge in [-0.25, -0.2) is 4.98 Å². The van der Waals surface area contributed by atoms with Crippen molar-refractivity contribution in [3.05, 3.63) is 22.8 Å². The zero-order valence-corrected chi connectivity index (χ0v) is 13.2. The average molecular weight is 284 g/mol. The summed E-state index contributed by atoms with van der Waals surface area (Å²) in [5.41, 5.74) is 6.64. The molecule has 0 unspecified atom stereocenters. The molecule has 108 valence electrons. The number of aromatic nitrogens is 1. The second-order valence-electron chi connectivity index (χ2n) is 5.46. The highest BCUT2D eigenvalue weighted by Crippen LogP contribution is 2.20. The second-order valence-corrected chi connectivity index (χ2v) is 5.87. The fourth-order valence-corrected chi connectivity index (χ4v) is 2.59. The summed E-state index contributed by atoms with van der Waals surface area (Å²) in [4.78, 5) is 6.85. The molecule has 1 rings (SSSR count). The molecule has 2 N–H and O–H groups in total. The van der Waals surface area contributed by atoms with Gasteiger partial charge in [0.2, 0.25) is 0 Å². The molecule has 1 aromatic heterocycles. The Bertz CT molecular complexity index is 389. The van der Waals surface area contributed by atoms with E-state index in [4.69, 9.17) is 17.3 Å². The van der Waals surface area contributed by atoms with Gasteiger partial charge in [-0.3, -0.25) is 4.90 Å². The van der Waals surface area contributed by atoms with Gasteiger partial charge in [-0.05, 0) is 30.9 Å². The molecule has 0 spiro atoms. The van der Waals surface area contributed by atoms with Crippen LogP contribution in [-0.4, -0.2) is 22.5 Å². The molecule has 0 aliphatic heterocycles. The molecule has 4 heteroatoms. The van der Waals surface area contributed by atoms with Crippen LogP contribution in [0.3, 0.4) is 0 Å². The van der Waals surface area contributed by atoms with Crippen molar-refractivity contribution < 1.29 is 0 Å². The van der Waals surface area contributed by atoms with Crippen LogP contribution in [0.15, 0.2) is 12.1 Å². The Hall–Kier alpha value is -0.800. The highest BCUT2D eigenvalue weighted by Gasteiger charge is 2.18. The molecule has 3 nitrogen and oxygen atoms in total. The van der Waals surface area contributed by atoms with Gasteiger partial charge in [0, 0.05) is 19.1 Å². The number of halogens is 1. The number of anilines is 1. The minimum Gasteiger partial charge on any atom is -0.384 e. The maximum absolute atomic E-state index is 6.22. The molecule has 0 aromatic carbocycles. The van der Waals surface area contributed by atoms with Crippen molar-refractivity contribution in [2.75, 3.05) is 12.3 Å². The summed E-state index contributed by atoms with van der Waals surface area (Å²) in [5, 5.41) is 0.703. The first-order valence-corrected chi connectivity index (χ1v) is 7.50. The normalized spacial score (nSPS) is 11.8. The van der Waals surface area contributed by atoms with E-state index in [2.05, 4.69) is 37.6 Å². The van der Waals surface area contributed by atoms with Crippen LogP contribution in [0.4, 0.5) is 5.82 Å². The fourth-order valence-electron chi connectivity index (χ4n) is 2.42. The van der Waals surface area contributed by atoms with Gasteiger partial charge >= 0.3 is 0 Å². The Morgan fingerprint density at radius 3 is 2.42 bits per heavy atom. The van der Waals surface area contributed by atoms with Gasteiger partial charge in [0.1, 0.15) is 5.82 Å². The lowest BCUT2D eigenvalue weighted by atomic mass is 10.1. The van der Waals surface area contributed by atoms with Gasteiger partial charge in [0.25, 0.3) is 0 Å². The van der Waals surface area contributed by atoms with Gasteiger partial charge in [-0.15, -0.1) is 0 Å². The van der Waals surface area contributed by atoms with E-state index in [0.717, 1.165) is 31.6 Å². The van der Waals surface area contributed by atoms with Crippen molar-refractivity contribution in [2.24, 2.45) is 5.92 Å². The number of nitrogens with two attached hydrogens (primary N) is 1. The van der Waals surface area contributed by atoms with Crippen LogP contribution in [0, 0.1) is 5.92 Å². The topological polar surface area (TPSA) is 42.2 Å². The van der Waals surface area contributed by atoms with Gasteiger partial charge in [-0.1, -0.05) is 39.3 Å². The van der Waals surface area contributed by atoms with Crippen LogP contribution in [0.1, 0.15) is 46.2 Å². The van der Waals surface area contributed by atoms with Gasteiger partial charge < -0.3 is 5.73 Å². The van der Waals surface area contributed by atoms with Crippen molar-refractivity contribution in [1.82, 2.24) is 9.88 Å². The second kappa shape index (κ2) is 7.71. The Kier molecular flexibility index (Phi) is 6.59. The number of hydrogen-bond acceptors (Lipinski definition) is 3. The summed E-state index contributed by atoms with van der Waals surface area (Å²) in [5.74, 6) is 1.16. The number of nitrogens with zero attached hydrogens (tertiary/aromatic N) is 2. The van der Waals surface area contributed by atoms with Crippen molar-refractivity contribution in [1.29, 1.82) is 0 Å². The number of rotatable bonds is 7. The molecule has 0 atom stereocenters. The average Bonchev–Trinajstić information content (AvgIpc) is 2.34. The smallest absolute Gasteiger partial charge is 0.123 e. The van der Waals surface area contributed by atoms with E-state index in [1.165, 1.54) is 0 Å². The third-order valence-electron chi connectivity index (χ3n) is 3.35.